The molecule has 0 saturated heterocycles. The third kappa shape index (κ3) is 8.49. The molecule has 0 atom stereocenters. The van der Waals surface area contributed by atoms with E-state index in [9.17, 15) is 4.79 Å². The maximum atomic E-state index is 12.2. The lowest BCUT2D eigenvalue weighted by atomic mass is 10.1. The second kappa shape index (κ2) is 13.6. The van der Waals surface area contributed by atoms with Crippen LogP contribution in [0.5, 0.6) is 0 Å². The van der Waals surface area contributed by atoms with E-state index in [0.29, 0.717) is 18.7 Å². The van der Waals surface area contributed by atoms with Gasteiger partial charge in [0.05, 0.1) is 13.1 Å². The molecule has 1 heterocycles. The van der Waals surface area contributed by atoms with Crippen molar-refractivity contribution in [3.05, 3.63) is 83.4 Å². The lowest BCUT2D eigenvalue weighted by Gasteiger charge is -2.13. The van der Waals surface area contributed by atoms with Gasteiger partial charge >= 0.3 is 0 Å². The van der Waals surface area contributed by atoms with E-state index in [1.165, 1.54) is 0 Å². The van der Waals surface area contributed by atoms with Gasteiger partial charge in [-0.3, -0.25) is 4.79 Å². The average Bonchev–Trinajstić information content (AvgIpc) is 3.30. The zero-order chi connectivity index (χ0) is 22.8. The summed E-state index contributed by atoms with van der Waals surface area (Å²) in [6.07, 6.45) is 4.05. The van der Waals surface area contributed by atoms with Crippen LogP contribution in [0, 0.1) is 0 Å². The third-order valence-electron chi connectivity index (χ3n) is 4.85. The number of halogens is 1. The summed E-state index contributed by atoms with van der Waals surface area (Å²) in [4.78, 5) is 22.5. The number of guanidine groups is 1. The van der Waals surface area contributed by atoms with Gasteiger partial charge in [-0.2, -0.15) is 5.10 Å². The lowest BCUT2D eigenvalue weighted by molar-refractivity contribution is 0.0827. The number of rotatable bonds is 9. The fourth-order valence-corrected chi connectivity index (χ4v) is 3.28. The van der Waals surface area contributed by atoms with Crippen molar-refractivity contribution < 1.29 is 4.79 Å². The average molecular weight is 561 g/mol. The van der Waals surface area contributed by atoms with Crippen LogP contribution in [0.2, 0.25) is 0 Å². The highest BCUT2D eigenvalue weighted by Gasteiger charge is 2.08. The van der Waals surface area contributed by atoms with E-state index in [2.05, 4.69) is 38.9 Å². The summed E-state index contributed by atoms with van der Waals surface area (Å²) in [5.74, 6) is 0.787. The molecule has 0 aliphatic carbocycles. The fraction of sp³-hybridized carbons (Fsp3) is 0.333. The molecule has 8 nitrogen and oxygen atoms in total. The van der Waals surface area contributed by atoms with Crippen molar-refractivity contribution in [3.8, 4) is 0 Å². The Bertz CT molecular complexity index is 1030. The molecule has 3 aromatic rings. The summed E-state index contributed by atoms with van der Waals surface area (Å²) in [5.41, 5.74) is 4.11. The molecule has 0 radical (unpaired) electrons. The van der Waals surface area contributed by atoms with Gasteiger partial charge in [0.15, 0.2) is 5.96 Å². The predicted octanol–water partition coefficient (Wildman–Crippen LogP) is 2.94. The van der Waals surface area contributed by atoms with Crippen LogP contribution in [0.15, 0.2) is 66.2 Å². The SMILES string of the molecule is CCNC(=NCc1cccc(Cn2cncn2)c1)NCCc1cccc(C(=O)N(C)C)c1.I. The highest BCUT2D eigenvalue weighted by Crippen LogP contribution is 2.09. The topological polar surface area (TPSA) is 87.4 Å². The van der Waals surface area contributed by atoms with Gasteiger partial charge in [-0.1, -0.05) is 36.4 Å². The first-order valence-electron chi connectivity index (χ1n) is 10.8. The van der Waals surface area contributed by atoms with Crippen molar-refractivity contribution in [2.75, 3.05) is 27.2 Å². The number of aliphatic imine (C=N–C) groups is 1. The van der Waals surface area contributed by atoms with Gasteiger partial charge in [0.1, 0.15) is 12.7 Å². The number of aromatic nitrogens is 3. The molecular formula is C24H32IN7O. The molecular weight excluding hydrogens is 529 g/mol. The minimum atomic E-state index is 0. The first-order valence-corrected chi connectivity index (χ1v) is 10.8. The van der Waals surface area contributed by atoms with E-state index in [4.69, 9.17) is 4.99 Å². The number of benzene rings is 2. The molecule has 0 fully saturated rings. The molecule has 0 aliphatic rings. The predicted molar refractivity (Wildman–Crippen MR) is 142 cm³/mol. The normalized spacial score (nSPS) is 10.9. The summed E-state index contributed by atoms with van der Waals surface area (Å²) < 4.78 is 1.80. The van der Waals surface area contributed by atoms with Crippen LogP contribution in [-0.4, -0.2) is 58.7 Å². The Morgan fingerprint density at radius 3 is 2.55 bits per heavy atom. The molecule has 33 heavy (non-hydrogen) atoms. The molecule has 1 aromatic heterocycles. The Kier molecular flexibility index (Phi) is 10.8. The Morgan fingerprint density at radius 2 is 1.82 bits per heavy atom. The second-order valence-corrected chi connectivity index (χ2v) is 7.68. The Labute approximate surface area is 212 Å². The zero-order valence-corrected chi connectivity index (χ0v) is 21.7. The highest BCUT2D eigenvalue weighted by atomic mass is 127. The maximum absolute atomic E-state index is 12.2. The number of hydrogen-bond acceptors (Lipinski definition) is 4. The number of carbonyl (C=O) groups is 1. The van der Waals surface area contributed by atoms with E-state index in [-0.39, 0.29) is 29.9 Å². The monoisotopic (exact) mass is 561 g/mol. The summed E-state index contributed by atoms with van der Waals surface area (Å²) >= 11 is 0. The summed E-state index contributed by atoms with van der Waals surface area (Å²) in [5, 5.41) is 10.8. The molecule has 0 saturated carbocycles. The number of hydrogen-bond donors (Lipinski definition) is 2. The Morgan fingerprint density at radius 1 is 1.06 bits per heavy atom. The van der Waals surface area contributed by atoms with Crippen LogP contribution in [0.1, 0.15) is 34.0 Å². The van der Waals surface area contributed by atoms with Crippen molar-refractivity contribution in [1.82, 2.24) is 30.3 Å². The second-order valence-electron chi connectivity index (χ2n) is 7.68. The third-order valence-corrected chi connectivity index (χ3v) is 4.85. The van der Waals surface area contributed by atoms with E-state index in [1.807, 2.05) is 37.3 Å². The van der Waals surface area contributed by atoms with E-state index in [1.54, 1.807) is 36.3 Å². The number of nitrogens with one attached hydrogen (secondary N) is 2. The van der Waals surface area contributed by atoms with Crippen molar-refractivity contribution in [1.29, 1.82) is 0 Å². The van der Waals surface area contributed by atoms with Gasteiger partial charge in [-0.05, 0) is 42.2 Å². The molecule has 9 heteroatoms. The minimum absolute atomic E-state index is 0. The first-order chi connectivity index (χ1) is 15.5. The number of carbonyl (C=O) groups excluding carboxylic acids is 1. The van der Waals surface area contributed by atoms with Gasteiger partial charge in [-0.25, -0.2) is 14.7 Å². The fourth-order valence-electron chi connectivity index (χ4n) is 3.28. The smallest absolute Gasteiger partial charge is 0.253 e. The Balaban J connectivity index is 0.00000385. The van der Waals surface area contributed by atoms with Crippen LogP contribution < -0.4 is 10.6 Å². The van der Waals surface area contributed by atoms with Crippen LogP contribution in [0.3, 0.4) is 0 Å². The van der Waals surface area contributed by atoms with E-state index in [0.717, 1.165) is 42.2 Å². The Hall–Kier alpha value is -2.95. The van der Waals surface area contributed by atoms with Gasteiger partial charge in [0, 0.05) is 32.7 Å². The summed E-state index contributed by atoms with van der Waals surface area (Å²) in [6.45, 7) is 4.81. The minimum Gasteiger partial charge on any atom is -0.357 e. The summed E-state index contributed by atoms with van der Waals surface area (Å²) in [7, 11) is 3.53. The molecule has 0 unspecified atom stereocenters. The standard InChI is InChI=1S/C24H31N7O.HI/c1-4-26-24(27-12-11-19-7-6-10-22(14-19)23(32)30(2)3)28-15-20-8-5-9-21(13-20)16-31-18-25-17-29-31;/h5-10,13-14,17-18H,4,11-12,15-16H2,1-3H3,(H2,26,27,28);1H. The quantitative estimate of drug-likeness (QED) is 0.239. The van der Waals surface area contributed by atoms with E-state index >= 15 is 0 Å². The lowest BCUT2D eigenvalue weighted by Crippen LogP contribution is -2.38. The first kappa shape index (κ1) is 26.3. The van der Waals surface area contributed by atoms with Crippen molar-refractivity contribution in [2.45, 2.75) is 26.4 Å². The molecule has 0 bridgehead atoms. The van der Waals surface area contributed by atoms with Crippen LogP contribution in [0.4, 0.5) is 0 Å². The molecule has 0 spiro atoms. The number of amides is 1. The largest absolute Gasteiger partial charge is 0.357 e. The van der Waals surface area contributed by atoms with Crippen molar-refractivity contribution in [2.24, 2.45) is 4.99 Å². The van der Waals surface area contributed by atoms with Crippen LogP contribution >= 0.6 is 24.0 Å². The summed E-state index contributed by atoms with van der Waals surface area (Å²) in [6, 6.07) is 16.1. The molecule has 3 rings (SSSR count). The molecule has 2 aromatic carbocycles. The van der Waals surface area contributed by atoms with E-state index < -0.39 is 0 Å². The van der Waals surface area contributed by atoms with Gasteiger partial charge in [0.25, 0.3) is 5.91 Å². The highest BCUT2D eigenvalue weighted by molar-refractivity contribution is 14.0. The van der Waals surface area contributed by atoms with Crippen molar-refractivity contribution in [3.63, 3.8) is 0 Å². The zero-order valence-electron chi connectivity index (χ0n) is 19.4. The molecule has 176 valence electrons. The number of nitrogens with zero attached hydrogens (tertiary/aromatic N) is 5. The van der Waals surface area contributed by atoms with Gasteiger partial charge < -0.3 is 15.5 Å². The maximum Gasteiger partial charge on any atom is 0.253 e. The van der Waals surface area contributed by atoms with Gasteiger partial charge in [-0.15, -0.1) is 24.0 Å². The molecule has 0 aliphatic heterocycles. The molecule has 2 N–H and O–H groups in total. The van der Waals surface area contributed by atoms with Crippen molar-refractivity contribution >= 4 is 35.8 Å². The molecule has 1 amide bonds. The van der Waals surface area contributed by atoms with Crippen LogP contribution in [-0.2, 0) is 19.5 Å². The van der Waals surface area contributed by atoms with Gasteiger partial charge in [0.2, 0.25) is 0 Å². The van der Waals surface area contributed by atoms with Crippen LogP contribution in [0.25, 0.3) is 0 Å².